The zero-order valence-electron chi connectivity index (χ0n) is 10.3. The van der Waals surface area contributed by atoms with Crippen molar-refractivity contribution in [1.82, 2.24) is 5.32 Å². The van der Waals surface area contributed by atoms with E-state index in [1.807, 2.05) is 30.3 Å². The van der Waals surface area contributed by atoms with Crippen molar-refractivity contribution in [2.24, 2.45) is 5.73 Å². The number of hydrogen-bond acceptors (Lipinski definition) is 2. The summed E-state index contributed by atoms with van der Waals surface area (Å²) in [7, 11) is 0. The first-order valence-electron chi connectivity index (χ1n) is 5.99. The Morgan fingerprint density at radius 3 is 2.53 bits per heavy atom. The van der Waals surface area contributed by atoms with E-state index in [1.54, 1.807) is 12.1 Å². The van der Waals surface area contributed by atoms with Crippen molar-refractivity contribution in [2.75, 3.05) is 0 Å². The van der Waals surface area contributed by atoms with Crippen LogP contribution in [0.25, 0.3) is 0 Å². The number of rotatable bonds is 5. The molecule has 1 unspecified atom stereocenters. The summed E-state index contributed by atoms with van der Waals surface area (Å²) in [5.41, 5.74) is 6.95. The molecule has 0 spiro atoms. The van der Waals surface area contributed by atoms with Crippen LogP contribution < -0.4 is 11.1 Å². The fourth-order valence-corrected chi connectivity index (χ4v) is 1.90. The molecule has 98 valence electrons. The molecule has 0 aliphatic heterocycles. The van der Waals surface area contributed by atoms with E-state index < -0.39 is 11.9 Å². The molecule has 2 rings (SSSR count). The van der Waals surface area contributed by atoms with Gasteiger partial charge in [0.15, 0.2) is 0 Å². The zero-order chi connectivity index (χ0) is 13.7. The maximum atomic E-state index is 13.1. The van der Waals surface area contributed by atoms with Gasteiger partial charge in [0.2, 0.25) is 5.91 Å². The maximum Gasteiger partial charge on any atom is 0.239 e. The third-order valence-corrected chi connectivity index (χ3v) is 2.82. The molecule has 2 aromatic rings. The molecule has 3 nitrogen and oxygen atoms in total. The highest BCUT2D eigenvalue weighted by Gasteiger charge is 2.16. The SMILES string of the molecule is NC(=O)C(NCc1cccc(F)c1)c1ccccc1. The minimum atomic E-state index is -0.579. The van der Waals surface area contributed by atoms with Crippen molar-refractivity contribution >= 4 is 5.91 Å². The first kappa shape index (κ1) is 13.2. The fourth-order valence-electron chi connectivity index (χ4n) is 1.90. The summed E-state index contributed by atoms with van der Waals surface area (Å²) in [5.74, 6) is -0.753. The van der Waals surface area contributed by atoms with Crippen LogP contribution in [0.1, 0.15) is 17.2 Å². The second kappa shape index (κ2) is 6.11. The summed E-state index contributed by atoms with van der Waals surface area (Å²) in [6, 6.07) is 14.9. The molecule has 0 aliphatic carbocycles. The van der Waals surface area contributed by atoms with Crippen LogP contribution in [-0.4, -0.2) is 5.91 Å². The molecule has 2 aromatic carbocycles. The molecule has 0 aliphatic rings. The van der Waals surface area contributed by atoms with Crippen molar-refractivity contribution in [2.45, 2.75) is 12.6 Å². The van der Waals surface area contributed by atoms with Crippen molar-refractivity contribution in [3.05, 3.63) is 71.5 Å². The standard InChI is InChI=1S/C15H15FN2O/c16-13-8-4-5-11(9-13)10-18-14(15(17)19)12-6-2-1-3-7-12/h1-9,14,18H,10H2,(H2,17,19). The van der Waals surface area contributed by atoms with Crippen LogP contribution in [0.3, 0.4) is 0 Å². The van der Waals surface area contributed by atoms with Gasteiger partial charge in [0.1, 0.15) is 11.9 Å². The fraction of sp³-hybridized carbons (Fsp3) is 0.133. The predicted octanol–water partition coefficient (Wildman–Crippen LogP) is 2.14. The minimum Gasteiger partial charge on any atom is -0.368 e. The van der Waals surface area contributed by atoms with E-state index >= 15 is 0 Å². The van der Waals surface area contributed by atoms with Crippen molar-refractivity contribution < 1.29 is 9.18 Å². The summed E-state index contributed by atoms with van der Waals surface area (Å²) in [6.07, 6.45) is 0. The number of carbonyl (C=O) groups is 1. The summed E-state index contributed by atoms with van der Waals surface area (Å²) in [5, 5.41) is 3.04. The van der Waals surface area contributed by atoms with E-state index in [9.17, 15) is 9.18 Å². The number of benzene rings is 2. The predicted molar refractivity (Wildman–Crippen MR) is 71.6 cm³/mol. The lowest BCUT2D eigenvalue weighted by atomic mass is 10.1. The Balaban J connectivity index is 2.08. The van der Waals surface area contributed by atoms with Gasteiger partial charge in [0, 0.05) is 6.54 Å². The van der Waals surface area contributed by atoms with E-state index in [1.165, 1.54) is 12.1 Å². The molecular formula is C15H15FN2O. The van der Waals surface area contributed by atoms with Crippen molar-refractivity contribution in [3.8, 4) is 0 Å². The van der Waals surface area contributed by atoms with Gasteiger partial charge < -0.3 is 5.73 Å². The Morgan fingerprint density at radius 1 is 1.16 bits per heavy atom. The van der Waals surface area contributed by atoms with Crippen LogP contribution in [0.4, 0.5) is 4.39 Å². The Morgan fingerprint density at radius 2 is 1.89 bits per heavy atom. The average Bonchev–Trinajstić information content (AvgIpc) is 2.40. The summed E-state index contributed by atoms with van der Waals surface area (Å²) >= 11 is 0. The van der Waals surface area contributed by atoms with Gasteiger partial charge in [-0.2, -0.15) is 0 Å². The highest BCUT2D eigenvalue weighted by Crippen LogP contribution is 2.13. The molecule has 0 radical (unpaired) electrons. The number of carbonyl (C=O) groups excluding carboxylic acids is 1. The normalized spacial score (nSPS) is 12.1. The second-order valence-corrected chi connectivity index (χ2v) is 4.26. The topological polar surface area (TPSA) is 55.1 Å². The van der Waals surface area contributed by atoms with E-state index in [4.69, 9.17) is 5.73 Å². The number of halogens is 1. The van der Waals surface area contributed by atoms with E-state index in [0.717, 1.165) is 11.1 Å². The molecule has 0 heterocycles. The molecular weight excluding hydrogens is 243 g/mol. The summed E-state index contributed by atoms with van der Waals surface area (Å²) in [6.45, 7) is 0.375. The summed E-state index contributed by atoms with van der Waals surface area (Å²) in [4.78, 5) is 11.5. The molecule has 1 atom stereocenters. The van der Waals surface area contributed by atoms with Crippen LogP contribution >= 0.6 is 0 Å². The van der Waals surface area contributed by atoms with Gasteiger partial charge in [0.25, 0.3) is 0 Å². The number of primary amides is 1. The van der Waals surface area contributed by atoms with Crippen LogP contribution in [0.15, 0.2) is 54.6 Å². The molecule has 0 saturated heterocycles. The van der Waals surface area contributed by atoms with Gasteiger partial charge in [0.05, 0.1) is 0 Å². The zero-order valence-corrected chi connectivity index (χ0v) is 10.3. The Labute approximate surface area is 111 Å². The third-order valence-electron chi connectivity index (χ3n) is 2.82. The quantitative estimate of drug-likeness (QED) is 0.863. The smallest absolute Gasteiger partial charge is 0.239 e. The summed E-state index contributed by atoms with van der Waals surface area (Å²) < 4.78 is 13.1. The lowest BCUT2D eigenvalue weighted by Gasteiger charge is -2.15. The highest BCUT2D eigenvalue weighted by atomic mass is 19.1. The van der Waals surface area contributed by atoms with Crippen LogP contribution in [0, 0.1) is 5.82 Å². The number of nitrogens with two attached hydrogens (primary N) is 1. The number of nitrogens with one attached hydrogen (secondary N) is 1. The largest absolute Gasteiger partial charge is 0.368 e. The van der Waals surface area contributed by atoms with Gasteiger partial charge >= 0.3 is 0 Å². The minimum absolute atomic E-state index is 0.297. The van der Waals surface area contributed by atoms with E-state index in [2.05, 4.69) is 5.32 Å². The molecule has 0 bridgehead atoms. The van der Waals surface area contributed by atoms with Crippen molar-refractivity contribution in [3.63, 3.8) is 0 Å². The van der Waals surface area contributed by atoms with Gasteiger partial charge in [-0.15, -0.1) is 0 Å². The second-order valence-electron chi connectivity index (χ2n) is 4.26. The number of amides is 1. The first-order valence-corrected chi connectivity index (χ1v) is 5.99. The van der Waals surface area contributed by atoms with E-state index in [-0.39, 0.29) is 5.82 Å². The highest BCUT2D eigenvalue weighted by molar-refractivity contribution is 5.81. The first-order chi connectivity index (χ1) is 9.16. The number of hydrogen-bond donors (Lipinski definition) is 2. The lowest BCUT2D eigenvalue weighted by molar-refractivity contribution is -0.120. The third kappa shape index (κ3) is 3.63. The lowest BCUT2D eigenvalue weighted by Crippen LogP contribution is -2.33. The van der Waals surface area contributed by atoms with Gasteiger partial charge in [-0.3, -0.25) is 10.1 Å². The van der Waals surface area contributed by atoms with Crippen molar-refractivity contribution in [1.29, 1.82) is 0 Å². The maximum absolute atomic E-state index is 13.1. The van der Waals surface area contributed by atoms with E-state index in [0.29, 0.717) is 6.54 Å². The molecule has 0 saturated carbocycles. The van der Waals surface area contributed by atoms with Crippen LogP contribution in [-0.2, 0) is 11.3 Å². The average molecular weight is 258 g/mol. The Bertz CT molecular complexity index is 557. The van der Waals surface area contributed by atoms with Gasteiger partial charge in [-0.25, -0.2) is 4.39 Å². The Kier molecular flexibility index (Phi) is 4.26. The van der Waals surface area contributed by atoms with Gasteiger partial charge in [-0.05, 0) is 23.3 Å². The molecule has 4 heteroatoms. The monoisotopic (exact) mass is 258 g/mol. The molecule has 0 aromatic heterocycles. The molecule has 19 heavy (non-hydrogen) atoms. The van der Waals surface area contributed by atoms with Crippen LogP contribution in [0.5, 0.6) is 0 Å². The molecule has 1 amide bonds. The van der Waals surface area contributed by atoms with Crippen LogP contribution in [0.2, 0.25) is 0 Å². The molecule has 0 fully saturated rings. The Hall–Kier alpha value is -2.20. The van der Waals surface area contributed by atoms with Gasteiger partial charge in [-0.1, -0.05) is 42.5 Å². The molecule has 3 N–H and O–H groups in total.